The Kier molecular flexibility index (Phi) is 2.75. The number of aromatic nitrogens is 2. The Morgan fingerprint density at radius 1 is 1.53 bits per heavy atom. The molecule has 0 aliphatic carbocycles. The highest BCUT2D eigenvalue weighted by Crippen LogP contribution is 2.24. The number of nitrogens with two attached hydrogens (primary N) is 1. The van der Waals surface area contributed by atoms with Crippen LogP contribution in [-0.4, -0.2) is 10.1 Å². The maximum atomic E-state index is 5.75. The Hall–Kier alpha value is -1.33. The molecule has 0 bridgehead atoms. The average molecular weight is 228 g/mol. The van der Waals surface area contributed by atoms with Crippen LogP contribution in [0.1, 0.15) is 25.2 Å². The van der Waals surface area contributed by atoms with Gasteiger partial charge in [-0.25, -0.2) is 0 Å². The Labute approximate surface area is 91.2 Å². The predicted molar refractivity (Wildman–Crippen MR) is 54.2 cm³/mol. The van der Waals surface area contributed by atoms with Crippen molar-refractivity contribution >= 4 is 11.6 Å². The van der Waals surface area contributed by atoms with E-state index < -0.39 is 0 Å². The summed E-state index contributed by atoms with van der Waals surface area (Å²) in [6.45, 7) is 1.95. The lowest BCUT2D eigenvalue weighted by molar-refractivity contribution is 0.403. The van der Waals surface area contributed by atoms with Gasteiger partial charge in [-0.2, -0.15) is 4.98 Å². The highest BCUT2D eigenvalue weighted by Gasteiger charge is 2.15. The highest BCUT2D eigenvalue weighted by atomic mass is 35.5. The van der Waals surface area contributed by atoms with Gasteiger partial charge in [0.15, 0.2) is 16.8 Å². The zero-order valence-corrected chi connectivity index (χ0v) is 8.86. The molecule has 2 heterocycles. The summed E-state index contributed by atoms with van der Waals surface area (Å²) < 4.78 is 10.1. The van der Waals surface area contributed by atoms with Gasteiger partial charge in [-0.05, 0) is 30.2 Å². The molecule has 0 aliphatic heterocycles. The van der Waals surface area contributed by atoms with Crippen LogP contribution in [0.25, 0.3) is 11.7 Å². The zero-order chi connectivity index (χ0) is 10.8. The first-order valence-corrected chi connectivity index (χ1v) is 4.93. The van der Waals surface area contributed by atoms with E-state index in [4.69, 9.17) is 26.3 Å². The van der Waals surface area contributed by atoms with Crippen molar-refractivity contribution in [1.82, 2.24) is 10.1 Å². The van der Waals surface area contributed by atoms with Crippen LogP contribution in [0.5, 0.6) is 0 Å². The lowest BCUT2D eigenvalue weighted by atomic mass is 10.2. The first kappa shape index (κ1) is 10.2. The second-order valence-corrected chi connectivity index (χ2v) is 3.45. The van der Waals surface area contributed by atoms with Crippen molar-refractivity contribution in [2.24, 2.45) is 5.73 Å². The first-order chi connectivity index (χ1) is 7.20. The first-order valence-electron chi connectivity index (χ1n) is 4.55. The SMILES string of the molecule is CCC(N)c1noc(-c2ccc(Cl)o2)n1. The second kappa shape index (κ2) is 4.04. The van der Waals surface area contributed by atoms with Gasteiger partial charge in [0.05, 0.1) is 6.04 Å². The summed E-state index contributed by atoms with van der Waals surface area (Å²) in [4.78, 5) is 4.11. The van der Waals surface area contributed by atoms with E-state index in [2.05, 4.69) is 10.1 Å². The van der Waals surface area contributed by atoms with Crippen LogP contribution in [0, 0.1) is 0 Å². The normalized spacial score (nSPS) is 13.0. The van der Waals surface area contributed by atoms with Crippen LogP contribution in [0.3, 0.4) is 0 Å². The molecular weight excluding hydrogens is 218 g/mol. The highest BCUT2D eigenvalue weighted by molar-refractivity contribution is 6.28. The Bertz CT molecular complexity index is 452. The maximum absolute atomic E-state index is 5.75. The Morgan fingerprint density at radius 3 is 2.93 bits per heavy atom. The standard InChI is InChI=1S/C9H10ClN3O2/c1-2-5(11)8-12-9(15-13-8)6-3-4-7(10)14-6/h3-5H,2,11H2,1H3. The molecule has 5 nitrogen and oxygen atoms in total. The molecule has 2 aromatic rings. The lowest BCUT2D eigenvalue weighted by Gasteiger charge is -1.98. The summed E-state index contributed by atoms with van der Waals surface area (Å²) in [5.41, 5.74) is 5.75. The van der Waals surface area contributed by atoms with Crippen LogP contribution >= 0.6 is 11.6 Å². The van der Waals surface area contributed by atoms with Gasteiger partial charge in [-0.3, -0.25) is 0 Å². The fraction of sp³-hybridized carbons (Fsp3) is 0.333. The monoisotopic (exact) mass is 227 g/mol. The summed E-state index contributed by atoms with van der Waals surface area (Å²) in [5.74, 6) is 1.21. The quantitative estimate of drug-likeness (QED) is 0.871. The Balaban J connectivity index is 2.27. The van der Waals surface area contributed by atoms with Gasteiger partial charge in [0.2, 0.25) is 0 Å². The predicted octanol–water partition coefficient (Wildman–Crippen LogP) is 2.39. The number of halogens is 1. The molecule has 2 N–H and O–H groups in total. The summed E-state index contributed by atoms with van der Waals surface area (Å²) in [6, 6.07) is 3.06. The molecule has 0 saturated carbocycles. The minimum atomic E-state index is -0.215. The average Bonchev–Trinajstić information content (AvgIpc) is 2.84. The molecule has 0 aliphatic rings. The van der Waals surface area contributed by atoms with Gasteiger partial charge in [0, 0.05) is 0 Å². The van der Waals surface area contributed by atoms with E-state index in [0.29, 0.717) is 17.5 Å². The van der Waals surface area contributed by atoms with Crippen LogP contribution in [0.4, 0.5) is 0 Å². The van der Waals surface area contributed by atoms with E-state index in [9.17, 15) is 0 Å². The van der Waals surface area contributed by atoms with E-state index in [-0.39, 0.29) is 11.3 Å². The molecule has 0 aromatic carbocycles. The number of nitrogens with zero attached hydrogens (tertiary/aromatic N) is 2. The smallest absolute Gasteiger partial charge is 0.293 e. The van der Waals surface area contributed by atoms with E-state index >= 15 is 0 Å². The third-order valence-electron chi connectivity index (χ3n) is 2.00. The van der Waals surface area contributed by atoms with Crippen molar-refractivity contribution in [2.75, 3.05) is 0 Å². The molecule has 15 heavy (non-hydrogen) atoms. The molecule has 1 unspecified atom stereocenters. The van der Waals surface area contributed by atoms with Gasteiger partial charge >= 0.3 is 0 Å². The number of hydrogen-bond donors (Lipinski definition) is 1. The molecule has 0 spiro atoms. The molecule has 2 rings (SSSR count). The summed E-state index contributed by atoms with van der Waals surface area (Å²) in [7, 11) is 0. The third kappa shape index (κ3) is 2.03. The lowest BCUT2D eigenvalue weighted by Crippen LogP contribution is -2.10. The van der Waals surface area contributed by atoms with Gasteiger partial charge in [0.25, 0.3) is 5.89 Å². The van der Waals surface area contributed by atoms with Gasteiger partial charge < -0.3 is 14.7 Å². The topological polar surface area (TPSA) is 78.1 Å². The summed E-state index contributed by atoms with van der Waals surface area (Å²) in [5, 5.41) is 4.04. The number of hydrogen-bond acceptors (Lipinski definition) is 5. The minimum absolute atomic E-state index is 0.215. The second-order valence-electron chi connectivity index (χ2n) is 3.08. The fourth-order valence-electron chi connectivity index (χ4n) is 1.10. The zero-order valence-electron chi connectivity index (χ0n) is 8.11. The van der Waals surface area contributed by atoms with E-state index in [1.54, 1.807) is 12.1 Å². The van der Waals surface area contributed by atoms with Crippen molar-refractivity contribution in [3.8, 4) is 11.7 Å². The minimum Gasteiger partial charge on any atom is -0.440 e. The van der Waals surface area contributed by atoms with Crippen molar-refractivity contribution in [1.29, 1.82) is 0 Å². The van der Waals surface area contributed by atoms with E-state index in [0.717, 1.165) is 6.42 Å². The van der Waals surface area contributed by atoms with Crippen molar-refractivity contribution in [3.63, 3.8) is 0 Å². The van der Waals surface area contributed by atoms with Gasteiger partial charge in [0.1, 0.15) is 0 Å². The number of furan rings is 1. The van der Waals surface area contributed by atoms with Crippen LogP contribution < -0.4 is 5.73 Å². The van der Waals surface area contributed by atoms with Crippen LogP contribution in [0.15, 0.2) is 21.1 Å². The summed E-state index contributed by atoms with van der Waals surface area (Å²) in [6.07, 6.45) is 0.748. The Morgan fingerprint density at radius 2 is 2.33 bits per heavy atom. The van der Waals surface area contributed by atoms with E-state index in [1.807, 2.05) is 6.92 Å². The van der Waals surface area contributed by atoms with Crippen molar-refractivity contribution in [3.05, 3.63) is 23.2 Å². The molecule has 0 saturated heterocycles. The van der Waals surface area contributed by atoms with Crippen molar-refractivity contribution in [2.45, 2.75) is 19.4 Å². The van der Waals surface area contributed by atoms with E-state index in [1.165, 1.54) is 0 Å². The van der Waals surface area contributed by atoms with Crippen molar-refractivity contribution < 1.29 is 8.94 Å². The molecule has 0 amide bonds. The molecule has 80 valence electrons. The molecular formula is C9H10ClN3O2. The molecule has 0 fully saturated rings. The molecule has 0 radical (unpaired) electrons. The van der Waals surface area contributed by atoms with Crippen LogP contribution in [0.2, 0.25) is 5.22 Å². The molecule has 2 aromatic heterocycles. The molecule has 6 heteroatoms. The molecule has 1 atom stereocenters. The summed E-state index contributed by atoms with van der Waals surface area (Å²) >= 11 is 5.63. The largest absolute Gasteiger partial charge is 0.440 e. The van der Waals surface area contributed by atoms with Gasteiger partial charge in [-0.15, -0.1) is 0 Å². The fourth-order valence-corrected chi connectivity index (χ4v) is 1.24. The van der Waals surface area contributed by atoms with Gasteiger partial charge in [-0.1, -0.05) is 12.1 Å². The van der Waals surface area contributed by atoms with Crippen LogP contribution in [-0.2, 0) is 0 Å². The maximum Gasteiger partial charge on any atom is 0.293 e. The third-order valence-corrected chi connectivity index (χ3v) is 2.20. The number of rotatable bonds is 3.